The van der Waals surface area contributed by atoms with E-state index in [1.807, 2.05) is 0 Å². The standard InChI is InChI=1S/C16H8F4N2O5S/c1-6(23)21-28(26,27)8-4-2-7(3-5-8)22-15(24)9-10(16(22)25)12(18)14(20)13(19)11(9)17/h2-5H,1H3,(H,21,23). The third kappa shape index (κ3) is 2.81. The molecule has 0 spiro atoms. The van der Waals surface area contributed by atoms with Gasteiger partial charge in [-0.2, -0.15) is 0 Å². The first kappa shape index (κ1) is 19.5. The molecule has 1 aliphatic rings. The number of benzene rings is 2. The predicted octanol–water partition coefficient (Wildman–Crippen LogP) is 1.87. The van der Waals surface area contributed by atoms with Crippen LogP contribution < -0.4 is 9.62 Å². The Hall–Kier alpha value is -3.28. The Morgan fingerprint density at radius 3 is 1.68 bits per heavy atom. The number of carbonyl (C=O) groups excluding carboxylic acids is 3. The van der Waals surface area contributed by atoms with E-state index in [1.165, 1.54) is 0 Å². The van der Waals surface area contributed by atoms with Crippen molar-refractivity contribution in [1.82, 2.24) is 4.72 Å². The van der Waals surface area contributed by atoms with Crippen molar-refractivity contribution in [3.8, 4) is 0 Å². The van der Waals surface area contributed by atoms with Gasteiger partial charge in [-0.25, -0.2) is 35.6 Å². The van der Waals surface area contributed by atoms with Gasteiger partial charge in [0.05, 0.1) is 21.7 Å². The predicted molar refractivity (Wildman–Crippen MR) is 84.9 cm³/mol. The van der Waals surface area contributed by atoms with Gasteiger partial charge in [-0.1, -0.05) is 0 Å². The smallest absolute Gasteiger partial charge is 0.269 e. The second kappa shape index (κ2) is 6.41. The number of imide groups is 1. The fourth-order valence-corrected chi connectivity index (χ4v) is 3.60. The molecule has 0 radical (unpaired) electrons. The molecule has 0 saturated carbocycles. The normalized spacial score (nSPS) is 13.7. The van der Waals surface area contributed by atoms with E-state index in [4.69, 9.17) is 0 Å². The third-order valence-corrected chi connectivity index (χ3v) is 5.23. The van der Waals surface area contributed by atoms with Crippen molar-refractivity contribution >= 4 is 33.4 Å². The molecule has 1 aliphatic heterocycles. The maximum Gasteiger partial charge on any atom is 0.269 e. The number of carbonyl (C=O) groups is 3. The Bertz CT molecular complexity index is 1120. The molecule has 7 nitrogen and oxygen atoms in total. The molecule has 0 bridgehead atoms. The quantitative estimate of drug-likeness (QED) is 0.356. The summed E-state index contributed by atoms with van der Waals surface area (Å²) in [6.07, 6.45) is 0. The number of hydrogen-bond acceptors (Lipinski definition) is 5. The van der Waals surface area contributed by atoms with Crippen LogP contribution in [0.2, 0.25) is 0 Å². The highest BCUT2D eigenvalue weighted by atomic mass is 32.2. The van der Waals surface area contributed by atoms with Crippen LogP contribution in [0.4, 0.5) is 23.2 Å². The summed E-state index contributed by atoms with van der Waals surface area (Å²) in [7, 11) is -4.21. The van der Waals surface area contributed by atoms with Crippen molar-refractivity contribution in [1.29, 1.82) is 0 Å². The lowest BCUT2D eigenvalue weighted by molar-refractivity contribution is -0.117. The molecule has 0 aromatic heterocycles. The summed E-state index contributed by atoms with van der Waals surface area (Å²) < 4.78 is 80.0. The highest BCUT2D eigenvalue weighted by Crippen LogP contribution is 2.34. The van der Waals surface area contributed by atoms with Gasteiger partial charge in [0.1, 0.15) is 0 Å². The Labute approximate surface area is 154 Å². The van der Waals surface area contributed by atoms with Gasteiger partial charge >= 0.3 is 0 Å². The van der Waals surface area contributed by atoms with E-state index in [0.29, 0.717) is 0 Å². The van der Waals surface area contributed by atoms with Crippen LogP contribution in [0, 0.1) is 23.3 Å². The van der Waals surface area contributed by atoms with E-state index in [-0.39, 0.29) is 10.6 Å². The first-order chi connectivity index (χ1) is 13.0. The van der Waals surface area contributed by atoms with E-state index in [0.717, 1.165) is 31.2 Å². The van der Waals surface area contributed by atoms with Gasteiger partial charge in [-0.3, -0.25) is 14.4 Å². The zero-order valence-electron chi connectivity index (χ0n) is 13.7. The van der Waals surface area contributed by atoms with Crippen LogP contribution in [-0.2, 0) is 14.8 Å². The van der Waals surface area contributed by atoms with Crippen LogP contribution in [-0.4, -0.2) is 26.1 Å². The fraction of sp³-hybridized carbons (Fsp3) is 0.0625. The molecule has 3 rings (SSSR count). The number of rotatable bonds is 3. The SMILES string of the molecule is CC(=O)NS(=O)(=O)c1ccc(N2C(=O)c3c(F)c(F)c(F)c(F)c3C2=O)cc1. The minimum atomic E-state index is -4.21. The number of nitrogens with zero attached hydrogens (tertiary/aromatic N) is 1. The summed E-state index contributed by atoms with van der Waals surface area (Å²) >= 11 is 0. The number of hydrogen-bond donors (Lipinski definition) is 1. The average molecular weight is 416 g/mol. The van der Waals surface area contributed by atoms with E-state index < -0.39 is 67.0 Å². The summed E-state index contributed by atoms with van der Waals surface area (Å²) in [4.78, 5) is 35.4. The molecular weight excluding hydrogens is 408 g/mol. The van der Waals surface area contributed by atoms with Gasteiger partial charge in [0.2, 0.25) is 5.91 Å². The molecular formula is C16H8F4N2O5S. The Kier molecular flexibility index (Phi) is 4.46. The maximum absolute atomic E-state index is 13.9. The minimum Gasteiger partial charge on any atom is -0.274 e. The molecule has 3 amide bonds. The Morgan fingerprint density at radius 2 is 1.29 bits per heavy atom. The average Bonchev–Trinajstić information content (AvgIpc) is 2.88. The van der Waals surface area contributed by atoms with E-state index in [2.05, 4.69) is 0 Å². The first-order valence-electron chi connectivity index (χ1n) is 7.35. The molecule has 28 heavy (non-hydrogen) atoms. The molecule has 12 heteroatoms. The molecule has 2 aromatic rings. The molecule has 2 aromatic carbocycles. The Morgan fingerprint density at radius 1 is 0.857 bits per heavy atom. The Balaban J connectivity index is 2.06. The summed E-state index contributed by atoms with van der Waals surface area (Å²) in [6.45, 7) is 0.964. The van der Waals surface area contributed by atoms with Crippen LogP contribution in [0.3, 0.4) is 0 Å². The molecule has 0 atom stereocenters. The number of fused-ring (bicyclic) bond motifs is 1. The fourth-order valence-electron chi connectivity index (χ4n) is 2.61. The van der Waals surface area contributed by atoms with Crippen molar-refractivity contribution in [2.45, 2.75) is 11.8 Å². The molecule has 0 fully saturated rings. The molecule has 146 valence electrons. The lowest BCUT2D eigenvalue weighted by atomic mass is 10.1. The van der Waals surface area contributed by atoms with Crippen molar-refractivity contribution in [3.63, 3.8) is 0 Å². The zero-order chi connectivity index (χ0) is 21.0. The summed E-state index contributed by atoms with van der Waals surface area (Å²) in [6, 6.07) is 3.72. The first-order valence-corrected chi connectivity index (χ1v) is 8.84. The third-order valence-electron chi connectivity index (χ3n) is 3.78. The number of amides is 3. The van der Waals surface area contributed by atoms with Gasteiger partial charge in [0.15, 0.2) is 23.3 Å². The van der Waals surface area contributed by atoms with Crippen LogP contribution in [0.15, 0.2) is 29.2 Å². The molecule has 1 N–H and O–H groups in total. The summed E-state index contributed by atoms with van der Waals surface area (Å²) in [5, 5.41) is 0. The van der Waals surface area contributed by atoms with Gasteiger partial charge in [0.25, 0.3) is 21.8 Å². The zero-order valence-corrected chi connectivity index (χ0v) is 14.5. The van der Waals surface area contributed by atoms with Gasteiger partial charge in [-0.15, -0.1) is 0 Å². The van der Waals surface area contributed by atoms with E-state index in [9.17, 15) is 40.4 Å². The number of anilines is 1. The van der Waals surface area contributed by atoms with Gasteiger partial charge in [0, 0.05) is 6.92 Å². The minimum absolute atomic E-state index is 0.241. The van der Waals surface area contributed by atoms with E-state index >= 15 is 0 Å². The number of nitrogens with one attached hydrogen (secondary N) is 1. The van der Waals surface area contributed by atoms with Crippen LogP contribution >= 0.6 is 0 Å². The monoisotopic (exact) mass is 416 g/mol. The van der Waals surface area contributed by atoms with Gasteiger partial charge in [-0.05, 0) is 24.3 Å². The van der Waals surface area contributed by atoms with Crippen molar-refractivity contribution < 1.29 is 40.4 Å². The van der Waals surface area contributed by atoms with E-state index in [1.54, 1.807) is 4.72 Å². The van der Waals surface area contributed by atoms with Gasteiger partial charge < -0.3 is 0 Å². The maximum atomic E-state index is 13.9. The topological polar surface area (TPSA) is 101 Å². The molecule has 0 unspecified atom stereocenters. The number of sulfonamides is 1. The number of halogens is 4. The summed E-state index contributed by atoms with van der Waals surface area (Å²) in [5.41, 5.74) is -2.85. The van der Waals surface area contributed by atoms with Crippen LogP contribution in [0.5, 0.6) is 0 Å². The summed E-state index contributed by atoms with van der Waals surface area (Å²) in [5.74, 6) is -12.3. The highest BCUT2D eigenvalue weighted by Gasteiger charge is 2.44. The lowest BCUT2D eigenvalue weighted by Crippen LogP contribution is -2.30. The second-order valence-corrected chi connectivity index (χ2v) is 7.29. The lowest BCUT2D eigenvalue weighted by Gasteiger charge is -2.14. The van der Waals surface area contributed by atoms with Crippen molar-refractivity contribution in [2.75, 3.05) is 4.90 Å². The molecule has 0 saturated heterocycles. The molecule has 0 aliphatic carbocycles. The largest absolute Gasteiger partial charge is 0.274 e. The van der Waals surface area contributed by atoms with Crippen molar-refractivity contribution in [3.05, 3.63) is 58.7 Å². The van der Waals surface area contributed by atoms with Crippen molar-refractivity contribution in [2.24, 2.45) is 0 Å². The highest BCUT2D eigenvalue weighted by molar-refractivity contribution is 7.90. The van der Waals surface area contributed by atoms with Crippen LogP contribution in [0.1, 0.15) is 27.6 Å². The molecule has 1 heterocycles. The van der Waals surface area contributed by atoms with Crippen LogP contribution in [0.25, 0.3) is 0 Å². The second-order valence-electron chi connectivity index (χ2n) is 5.61.